The van der Waals surface area contributed by atoms with E-state index in [-0.39, 0.29) is 12.4 Å². The van der Waals surface area contributed by atoms with Crippen LogP contribution < -0.4 is 0 Å². The molecule has 6 heteroatoms. The monoisotopic (exact) mass is 289 g/mol. The summed E-state index contributed by atoms with van der Waals surface area (Å²) in [5, 5.41) is 4.16. The number of hydrogen-bond donors (Lipinski definition) is 0. The zero-order valence-corrected chi connectivity index (χ0v) is 11.3. The highest BCUT2D eigenvalue weighted by Gasteiger charge is 2.16. The van der Waals surface area contributed by atoms with Crippen LogP contribution in [0.4, 0.5) is 0 Å². The number of nitrogens with zero attached hydrogens (tertiary/aromatic N) is 3. The maximum absolute atomic E-state index is 11.8. The highest BCUT2D eigenvalue weighted by Crippen LogP contribution is 2.16. The molecule has 0 bridgehead atoms. The normalized spacial score (nSPS) is 11.1. The third-order valence-corrected chi connectivity index (χ3v) is 2.67. The molecule has 0 radical (unpaired) electrons. The Morgan fingerprint density at radius 2 is 2.31 bits per heavy atom. The Labute approximate surface area is 103 Å². The molecule has 0 saturated heterocycles. The molecule has 0 atom stereocenters. The first-order valence-corrected chi connectivity index (χ1v) is 5.73. The van der Waals surface area contributed by atoms with E-state index in [0.717, 1.165) is 6.54 Å². The predicted octanol–water partition coefficient (Wildman–Crippen LogP) is 1.04. The third kappa shape index (κ3) is 3.40. The van der Waals surface area contributed by atoms with E-state index in [4.69, 9.17) is 4.74 Å². The van der Waals surface area contributed by atoms with Gasteiger partial charge in [0.1, 0.15) is 12.3 Å². The van der Waals surface area contributed by atoms with Crippen molar-refractivity contribution in [3.63, 3.8) is 0 Å². The molecule has 5 nitrogen and oxygen atoms in total. The van der Waals surface area contributed by atoms with Crippen molar-refractivity contribution in [1.82, 2.24) is 14.7 Å². The molecule has 0 amide bonds. The summed E-state index contributed by atoms with van der Waals surface area (Å²) < 4.78 is 7.26. The molecule has 0 aliphatic rings. The van der Waals surface area contributed by atoms with Gasteiger partial charge in [-0.3, -0.25) is 9.48 Å². The number of methoxy groups -OCH3 is 1. The van der Waals surface area contributed by atoms with Crippen molar-refractivity contribution in [1.29, 1.82) is 0 Å². The summed E-state index contributed by atoms with van der Waals surface area (Å²) in [7, 11) is 5.47. The summed E-state index contributed by atoms with van der Waals surface area (Å²) in [6.45, 7) is 1.59. The molecule has 0 aliphatic carbocycles. The van der Waals surface area contributed by atoms with Gasteiger partial charge in [-0.15, -0.1) is 0 Å². The van der Waals surface area contributed by atoms with E-state index in [9.17, 15) is 4.79 Å². The molecule has 0 fully saturated rings. The minimum absolute atomic E-state index is 0.0642. The number of ether oxygens (including phenoxy) is 1. The van der Waals surface area contributed by atoms with E-state index in [1.54, 1.807) is 10.9 Å². The van der Waals surface area contributed by atoms with E-state index >= 15 is 0 Å². The first-order chi connectivity index (χ1) is 7.56. The quantitative estimate of drug-likeness (QED) is 0.734. The van der Waals surface area contributed by atoms with Crippen LogP contribution in [0.5, 0.6) is 0 Å². The first-order valence-electron chi connectivity index (χ1n) is 4.94. The summed E-state index contributed by atoms with van der Waals surface area (Å²) >= 11 is 3.32. The fraction of sp³-hybridized carbons (Fsp3) is 0.600. The maximum Gasteiger partial charge on any atom is 0.207 e. The van der Waals surface area contributed by atoms with Crippen LogP contribution in [-0.2, 0) is 11.3 Å². The van der Waals surface area contributed by atoms with Crippen LogP contribution in [0.3, 0.4) is 0 Å². The van der Waals surface area contributed by atoms with Gasteiger partial charge in [-0.05, 0) is 30.0 Å². The number of carbonyl (C=O) groups is 1. The number of ketones is 1. The minimum atomic E-state index is -0.0642. The number of halogens is 1. The van der Waals surface area contributed by atoms with Crippen molar-refractivity contribution in [3.05, 3.63) is 16.4 Å². The van der Waals surface area contributed by atoms with Gasteiger partial charge in [0, 0.05) is 13.7 Å². The van der Waals surface area contributed by atoms with Gasteiger partial charge in [0.05, 0.1) is 17.2 Å². The van der Waals surface area contributed by atoms with Gasteiger partial charge in [0.15, 0.2) is 0 Å². The summed E-state index contributed by atoms with van der Waals surface area (Å²) in [5.41, 5.74) is 0.573. The van der Waals surface area contributed by atoms with Crippen LogP contribution in [0.2, 0.25) is 0 Å². The van der Waals surface area contributed by atoms with E-state index in [2.05, 4.69) is 21.0 Å². The van der Waals surface area contributed by atoms with Gasteiger partial charge in [-0.25, -0.2) is 0 Å². The van der Waals surface area contributed by atoms with Gasteiger partial charge in [-0.2, -0.15) is 5.10 Å². The standard InChI is InChI=1S/C10H16BrN3O2/c1-13(2)4-5-14-10(8(11)6-12-14)9(15)7-16-3/h6H,4-5,7H2,1-3H3. The lowest BCUT2D eigenvalue weighted by Crippen LogP contribution is -2.22. The fourth-order valence-corrected chi connectivity index (χ4v) is 1.82. The Morgan fingerprint density at radius 1 is 1.62 bits per heavy atom. The SMILES string of the molecule is COCC(=O)c1c(Br)cnn1CCN(C)C. The zero-order chi connectivity index (χ0) is 12.1. The first kappa shape index (κ1) is 13.3. The summed E-state index contributed by atoms with van der Waals surface area (Å²) in [4.78, 5) is 13.8. The van der Waals surface area contributed by atoms with Crippen molar-refractivity contribution in [2.24, 2.45) is 0 Å². The van der Waals surface area contributed by atoms with E-state index in [1.165, 1.54) is 7.11 Å². The Morgan fingerprint density at radius 3 is 2.88 bits per heavy atom. The lowest BCUT2D eigenvalue weighted by Gasteiger charge is -2.11. The topological polar surface area (TPSA) is 47.4 Å². The molecule has 0 N–H and O–H groups in total. The highest BCUT2D eigenvalue weighted by atomic mass is 79.9. The van der Waals surface area contributed by atoms with Crippen molar-refractivity contribution in [3.8, 4) is 0 Å². The Kier molecular flexibility index (Phi) is 5.11. The average Bonchev–Trinajstić information content (AvgIpc) is 2.57. The van der Waals surface area contributed by atoms with Crippen LogP contribution in [-0.4, -0.2) is 54.8 Å². The maximum atomic E-state index is 11.8. The minimum Gasteiger partial charge on any atom is -0.376 e. The van der Waals surface area contributed by atoms with Crippen molar-refractivity contribution in [2.75, 3.05) is 34.4 Å². The molecule has 0 spiro atoms. The Bertz CT molecular complexity index is 363. The number of Topliss-reactive ketones (excluding diaryl/α,β-unsaturated/α-hetero) is 1. The molecule has 0 saturated carbocycles. The zero-order valence-electron chi connectivity index (χ0n) is 9.73. The second-order valence-electron chi connectivity index (χ2n) is 3.72. The molecular formula is C10H16BrN3O2. The number of carbonyl (C=O) groups excluding carboxylic acids is 1. The molecule has 0 aromatic carbocycles. The molecule has 1 heterocycles. The molecule has 16 heavy (non-hydrogen) atoms. The van der Waals surface area contributed by atoms with Crippen molar-refractivity contribution >= 4 is 21.7 Å². The lowest BCUT2D eigenvalue weighted by molar-refractivity contribution is 0.0835. The predicted molar refractivity (Wildman–Crippen MR) is 64.7 cm³/mol. The molecule has 0 aliphatic heterocycles. The second-order valence-corrected chi connectivity index (χ2v) is 4.58. The summed E-state index contributed by atoms with van der Waals surface area (Å²) in [6, 6.07) is 0. The Balaban J connectivity index is 2.81. The molecule has 90 valence electrons. The number of likely N-dealkylation sites (N-methyl/N-ethyl adjacent to an activating group) is 1. The van der Waals surface area contributed by atoms with Crippen LogP contribution in [0.1, 0.15) is 10.5 Å². The van der Waals surface area contributed by atoms with Crippen molar-refractivity contribution in [2.45, 2.75) is 6.54 Å². The molecule has 0 unspecified atom stereocenters. The van der Waals surface area contributed by atoms with Crippen LogP contribution >= 0.6 is 15.9 Å². The van der Waals surface area contributed by atoms with E-state index in [1.807, 2.05) is 19.0 Å². The van der Waals surface area contributed by atoms with Gasteiger partial charge >= 0.3 is 0 Å². The van der Waals surface area contributed by atoms with Crippen LogP contribution in [0, 0.1) is 0 Å². The fourth-order valence-electron chi connectivity index (χ4n) is 1.30. The Hall–Kier alpha value is -0.720. The largest absolute Gasteiger partial charge is 0.376 e. The highest BCUT2D eigenvalue weighted by molar-refractivity contribution is 9.10. The number of aromatic nitrogens is 2. The second kappa shape index (κ2) is 6.12. The third-order valence-electron chi connectivity index (χ3n) is 2.09. The average molecular weight is 290 g/mol. The van der Waals surface area contributed by atoms with Crippen LogP contribution in [0.15, 0.2) is 10.7 Å². The molecule has 1 aromatic heterocycles. The van der Waals surface area contributed by atoms with Gasteiger partial charge in [0.2, 0.25) is 5.78 Å². The molecule has 1 aromatic rings. The van der Waals surface area contributed by atoms with Gasteiger partial charge in [-0.1, -0.05) is 0 Å². The lowest BCUT2D eigenvalue weighted by atomic mass is 10.3. The smallest absolute Gasteiger partial charge is 0.207 e. The number of hydrogen-bond acceptors (Lipinski definition) is 4. The molecule has 1 rings (SSSR count). The summed E-state index contributed by atoms with van der Waals surface area (Å²) in [5.74, 6) is -0.0642. The summed E-state index contributed by atoms with van der Waals surface area (Å²) in [6.07, 6.45) is 1.64. The van der Waals surface area contributed by atoms with Gasteiger partial charge < -0.3 is 9.64 Å². The van der Waals surface area contributed by atoms with Crippen LogP contribution in [0.25, 0.3) is 0 Å². The number of rotatable bonds is 6. The van der Waals surface area contributed by atoms with Gasteiger partial charge in [0.25, 0.3) is 0 Å². The van der Waals surface area contributed by atoms with E-state index < -0.39 is 0 Å². The molecular weight excluding hydrogens is 274 g/mol. The van der Waals surface area contributed by atoms with Crippen molar-refractivity contribution < 1.29 is 9.53 Å². The van der Waals surface area contributed by atoms with E-state index in [0.29, 0.717) is 16.7 Å².